The summed E-state index contributed by atoms with van der Waals surface area (Å²) < 4.78 is 4.71. The third kappa shape index (κ3) is 5.49. The van der Waals surface area contributed by atoms with Crippen molar-refractivity contribution in [1.82, 2.24) is 9.13 Å². The molecule has 2 heterocycles. The molecular weight excluding hydrogens is 665 g/mol. The molecule has 11 rings (SSSR count). The molecule has 0 N–H and O–H groups in total. The minimum absolute atomic E-state index is 1.18. The van der Waals surface area contributed by atoms with E-state index in [1.54, 1.807) is 0 Å². The van der Waals surface area contributed by atoms with Crippen molar-refractivity contribution in [2.24, 2.45) is 0 Å². The van der Waals surface area contributed by atoms with Crippen LogP contribution in [0.1, 0.15) is 16.7 Å². The number of hydrogen-bond acceptors (Lipinski definition) is 0. The first kappa shape index (κ1) is 32.7. The van der Waals surface area contributed by atoms with E-state index in [1.807, 2.05) is 0 Å². The van der Waals surface area contributed by atoms with Gasteiger partial charge in [0.1, 0.15) is 0 Å². The third-order valence-electron chi connectivity index (χ3n) is 11.3. The molecule has 0 atom stereocenters. The molecule has 0 amide bonds. The SMILES string of the molecule is Cc1ccc(-n2c3ccccc3c3ccccc32)cc1.Cc1ccc(C)c2cc3c(-c4ccc(-n5c6ccccc6c6ccccc65)cc4)cccc3cc12. The molecule has 0 aliphatic carbocycles. The van der Waals surface area contributed by atoms with Crippen molar-refractivity contribution in [3.8, 4) is 22.5 Å². The Morgan fingerprint density at radius 3 is 1.20 bits per heavy atom. The van der Waals surface area contributed by atoms with Gasteiger partial charge in [-0.05, 0) is 125 Å². The Labute approximate surface area is 321 Å². The van der Waals surface area contributed by atoms with E-state index in [0.29, 0.717) is 0 Å². The zero-order chi connectivity index (χ0) is 37.0. The van der Waals surface area contributed by atoms with Crippen molar-refractivity contribution >= 4 is 65.2 Å². The number of para-hydroxylation sites is 4. The lowest BCUT2D eigenvalue weighted by molar-refractivity contribution is 1.17. The molecule has 2 heteroatoms. The van der Waals surface area contributed by atoms with Crippen LogP contribution in [-0.2, 0) is 0 Å². The molecule has 0 saturated carbocycles. The van der Waals surface area contributed by atoms with Crippen molar-refractivity contribution in [3.05, 3.63) is 205 Å². The maximum absolute atomic E-state index is 2.38. The molecule has 0 saturated heterocycles. The van der Waals surface area contributed by atoms with Gasteiger partial charge in [-0.2, -0.15) is 0 Å². The Hall–Kier alpha value is -6.90. The van der Waals surface area contributed by atoms with Crippen LogP contribution in [0.3, 0.4) is 0 Å². The highest BCUT2D eigenvalue weighted by Crippen LogP contribution is 2.37. The Balaban J connectivity index is 0.000000158. The predicted molar refractivity (Wildman–Crippen MR) is 236 cm³/mol. The molecule has 0 unspecified atom stereocenters. The van der Waals surface area contributed by atoms with E-state index in [4.69, 9.17) is 0 Å². The number of aryl methyl sites for hydroxylation is 3. The second-order valence-corrected chi connectivity index (χ2v) is 14.7. The van der Waals surface area contributed by atoms with Gasteiger partial charge in [0.25, 0.3) is 0 Å². The highest BCUT2D eigenvalue weighted by atomic mass is 15.0. The molecule has 11 aromatic rings. The van der Waals surface area contributed by atoms with Gasteiger partial charge in [0, 0.05) is 32.9 Å². The zero-order valence-electron chi connectivity index (χ0n) is 31.3. The van der Waals surface area contributed by atoms with Crippen LogP contribution in [0.15, 0.2) is 188 Å². The van der Waals surface area contributed by atoms with E-state index in [0.717, 1.165) is 0 Å². The average molecular weight is 705 g/mol. The minimum atomic E-state index is 1.18. The van der Waals surface area contributed by atoms with Crippen LogP contribution in [0.25, 0.3) is 87.7 Å². The number of fused-ring (bicyclic) bond motifs is 8. The van der Waals surface area contributed by atoms with Crippen molar-refractivity contribution < 1.29 is 0 Å². The van der Waals surface area contributed by atoms with Gasteiger partial charge in [0.15, 0.2) is 0 Å². The number of nitrogens with zero attached hydrogens (tertiary/aromatic N) is 2. The Kier molecular flexibility index (Phi) is 7.85. The molecule has 0 spiro atoms. The van der Waals surface area contributed by atoms with E-state index in [2.05, 4.69) is 218 Å². The first-order chi connectivity index (χ1) is 27.0. The largest absolute Gasteiger partial charge is 0.309 e. The van der Waals surface area contributed by atoms with E-state index in [9.17, 15) is 0 Å². The van der Waals surface area contributed by atoms with Gasteiger partial charge in [-0.25, -0.2) is 0 Å². The maximum atomic E-state index is 2.38. The quantitative estimate of drug-likeness (QED) is 0.162. The first-order valence-corrected chi connectivity index (χ1v) is 19.1. The highest BCUT2D eigenvalue weighted by molar-refractivity contribution is 6.10. The lowest BCUT2D eigenvalue weighted by atomic mass is 9.92. The number of aromatic nitrogens is 2. The Morgan fingerprint density at radius 2 is 0.727 bits per heavy atom. The fourth-order valence-electron chi connectivity index (χ4n) is 8.54. The van der Waals surface area contributed by atoms with Crippen molar-refractivity contribution in [2.75, 3.05) is 0 Å². The summed E-state index contributed by atoms with van der Waals surface area (Å²) >= 11 is 0. The van der Waals surface area contributed by atoms with Gasteiger partial charge in [-0.1, -0.05) is 133 Å². The second kappa shape index (κ2) is 13.2. The molecule has 0 fully saturated rings. The Morgan fingerprint density at radius 1 is 0.309 bits per heavy atom. The third-order valence-corrected chi connectivity index (χ3v) is 11.3. The molecule has 2 aromatic heterocycles. The van der Waals surface area contributed by atoms with Crippen LogP contribution < -0.4 is 0 Å². The number of hydrogen-bond donors (Lipinski definition) is 0. The molecule has 2 nitrogen and oxygen atoms in total. The number of benzene rings is 9. The van der Waals surface area contributed by atoms with Crippen molar-refractivity contribution in [2.45, 2.75) is 20.8 Å². The lowest BCUT2D eigenvalue weighted by Crippen LogP contribution is -1.93. The monoisotopic (exact) mass is 704 g/mol. The van der Waals surface area contributed by atoms with Crippen LogP contribution in [0.2, 0.25) is 0 Å². The standard InChI is InChI=1S/C34H25N.C19H15N/c1-22-14-15-23(2)31-21-32-25(20-30(22)31)8-7-11-27(32)24-16-18-26(19-17-24)35-33-12-5-3-9-28(33)29-10-4-6-13-34(29)35;1-14-10-12-15(13-11-14)20-18-8-4-2-6-16(18)17-7-3-5-9-19(17)20/h3-21H,1-2H3;2-13H,1H3. The average Bonchev–Trinajstić information content (AvgIpc) is 3.75. The van der Waals surface area contributed by atoms with E-state index in [1.165, 1.54) is 104 Å². The molecule has 55 heavy (non-hydrogen) atoms. The van der Waals surface area contributed by atoms with Crippen LogP contribution in [-0.4, -0.2) is 9.13 Å². The second-order valence-electron chi connectivity index (χ2n) is 14.7. The molecular formula is C53H40N2. The highest BCUT2D eigenvalue weighted by Gasteiger charge is 2.14. The maximum Gasteiger partial charge on any atom is 0.0541 e. The van der Waals surface area contributed by atoms with Gasteiger partial charge in [0.2, 0.25) is 0 Å². The van der Waals surface area contributed by atoms with Gasteiger partial charge < -0.3 is 9.13 Å². The zero-order valence-corrected chi connectivity index (χ0v) is 31.3. The smallest absolute Gasteiger partial charge is 0.0541 e. The molecule has 0 aliphatic heterocycles. The summed E-state index contributed by atoms with van der Waals surface area (Å²) in [4.78, 5) is 0. The van der Waals surface area contributed by atoms with E-state index in [-0.39, 0.29) is 0 Å². The molecule has 0 radical (unpaired) electrons. The summed E-state index contributed by atoms with van der Waals surface area (Å²) in [7, 11) is 0. The van der Waals surface area contributed by atoms with Crippen LogP contribution in [0.4, 0.5) is 0 Å². The summed E-state index contributed by atoms with van der Waals surface area (Å²) in [5.74, 6) is 0. The van der Waals surface area contributed by atoms with Crippen LogP contribution in [0, 0.1) is 20.8 Å². The molecule has 0 bridgehead atoms. The molecule has 9 aromatic carbocycles. The van der Waals surface area contributed by atoms with Crippen molar-refractivity contribution in [1.29, 1.82) is 0 Å². The topological polar surface area (TPSA) is 9.86 Å². The predicted octanol–water partition coefficient (Wildman–Crippen LogP) is 14.5. The number of rotatable bonds is 3. The summed E-state index contributed by atoms with van der Waals surface area (Å²) in [5.41, 5.74) is 13.9. The minimum Gasteiger partial charge on any atom is -0.309 e. The fourth-order valence-corrected chi connectivity index (χ4v) is 8.54. The van der Waals surface area contributed by atoms with Gasteiger partial charge >= 0.3 is 0 Å². The van der Waals surface area contributed by atoms with Crippen LogP contribution >= 0.6 is 0 Å². The summed E-state index contributed by atoms with van der Waals surface area (Å²) in [6.45, 7) is 6.53. The molecule has 0 aliphatic rings. The van der Waals surface area contributed by atoms with E-state index >= 15 is 0 Å². The lowest BCUT2D eigenvalue weighted by Gasteiger charge is -2.13. The summed E-state index contributed by atoms with van der Waals surface area (Å²) in [6, 6.07) is 68.1. The Bertz CT molecular complexity index is 3110. The fraction of sp³-hybridized carbons (Fsp3) is 0.0566. The van der Waals surface area contributed by atoms with E-state index < -0.39 is 0 Å². The van der Waals surface area contributed by atoms with Crippen molar-refractivity contribution in [3.63, 3.8) is 0 Å². The van der Waals surface area contributed by atoms with Gasteiger partial charge in [-0.15, -0.1) is 0 Å². The summed E-state index contributed by atoms with van der Waals surface area (Å²) in [6.07, 6.45) is 0. The van der Waals surface area contributed by atoms with Gasteiger partial charge in [0.05, 0.1) is 22.1 Å². The molecule has 262 valence electrons. The van der Waals surface area contributed by atoms with Crippen LogP contribution in [0.5, 0.6) is 0 Å². The first-order valence-electron chi connectivity index (χ1n) is 19.1. The summed E-state index contributed by atoms with van der Waals surface area (Å²) in [5, 5.41) is 10.5. The normalized spacial score (nSPS) is 11.5. The van der Waals surface area contributed by atoms with Gasteiger partial charge in [-0.3, -0.25) is 0 Å².